The molecule has 1 N–H and O–H groups in total. The molecule has 23 heavy (non-hydrogen) atoms. The Labute approximate surface area is 135 Å². The molecule has 1 saturated heterocycles. The highest BCUT2D eigenvalue weighted by molar-refractivity contribution is 5.91. The summed E-state index contributed by atoms with van der Waals surface area (Å²) in [7, 11) is 0. The van der Waals surface area contributed by atoms with Crippen LogP contribution < -0.4 is 10.1 Å². The van der Waals surface area contributed by atoms with Crippen LogP contribution in [0.25, 0.3) is 0 Å². The van der Waals surface area contributed by atoms with E-state index in [-0.39, 0.29) is 12.1 Å². The van der Waals surface area contributed by atoms with Crippen molar-refractivity contribution < 1.29 is 14.1 Å². The van der Waals surface area contributed by atoms with Crippen LogP contribution in [0.1, 0.15) is 37.3 Å². The van der Waals surface area contributed by atoms with Gasteiger partial charge in [-0.3, -0.25) is 0 Å². The van der Waals surface area contributed by atoms with Crippen LogP contribution in [0.2, 0.25) is 0 Å². The minimum absolute atomic E-state index is 0.0355. The van der Waals surface area contributed by atoms with E-state index in [4.69, 9.17) is 9.26 Å². The van der Waals surface area contributed by atoms with Crippen LogP contribution in [0.15, 0.2) is 34.9 Å². The Morgan fingerprint density at radius 3 is 3.04 bits per heavy atom. The molecule has 0 radical (unpaired) electrons. The third-order valence-electron chi connectivity index (χ3n) is 3.93. The minimum atomic E-state index is -0.139. The molecule has 1 aromatic heterocycles. The van der Waals surface area contributed by atoms with E-state index in [1.165, 1.54) is 0 Å². The normalized spacial score (nSPS) is 17.3. The second-order valence-corrected chi connectivity index (χ2v) is 5.57. The first-order valence-corrected chi connectivity index (χ1v) is 7.91. The number of aryl methyl sites for hydroxylation is 1. The molecule has 6 heteroatoms. The molecule has 1 aromatic carbocycles. The summed E-state index contributed by atoms with van der Waals surface area (Å²) in [6.07, 6.45) is 1.85. The van der Waals surface area contributed by atoms with Crippen LogP contribution in [-0.2, 0) is 0 Å². The third-order valence-corrected chi connectivity index (χ3v) is 3.93. The molecule has 2 amide bonds. The Balaban J connectivity index is 1.75. The summed E-state index contributed by atoms with van der Waals surface area (Å²) < 4.78 is 10.7. The molecule has 1 atom stereocenters. The largest absolute Gasteiger partial charge is 0.492 e. The SMILES string of the molecule is CCOc1ccccc1NC(=O)N1CCC[C@H]1c1cc(C)on1. The Morgan fingerprint density at radius 2 is 2.30 bits per heavy atom. The van der Waals surface area contributed by atoms with Gasteiger partial charge in [-0.1, -0.05) is 17.3 Å². The molecule has 1 fully saturated rings. The lowest BCUT2D eigenvalue weighted by molar-refractivity contribution is 0.204. The summed E-state index contributed by atoms with van der Waals surface area (Å²) in [5.74, 6) is 1.44. The fourth-order valence-corrected chi connectivity index (χ4v) is 2.90. The van der Waals surface area contributed by atoms with Crippen LogP contribution in [0.4, 0.5) is 10.5 Å². The number of benzene rings is 1. The topological polar surface area (TPSA) is 67.6 Å². The van der Waals surface area contributed by atoms with E-state index in [1.807, 2.05) is 44.2 Å². The number of para-hydroxylation sites is 2. The quantitative estimate of drug-likeness (QED) is 0.933. The van der Waals surface area contributed by atoms with Gasteiger partial charge in [0.15, 0.2) is 0 Å². The number of hydrogen-bond donors (Lipinski definition) is 1. The van der Waals surface area contributed by atoms with Crippen molar-refractivity contribution in [3.63, 3.8) is 0 Å². The number of anilines is 1. The summed E-state index contributed by atoms with van der Waals surface area (Å²) in [5, 5.41) is 7.01. The number of hydrogen-bond acceptors (Lipinski definition) is 4. The first kappa shape index (κ1) is 15.4. The van der Waals surface area contributed by atoms with Crippen molar-refractivity contribution >= 4 is 11.7 Å². The molecular weight excluding hydrogens is 294 g/mol. The molecule has 2 heterocycles. The van der Waals surface area contributed by atoms with Crippen LogP contribution in [-0.4, -0.2) is 29.2 Å². The number of ether oxygens (including phenoxy) is 1. The third kappa shape index (κ3) is 3.31. The Hall–Kier alpha value is -2.50. The summed E-state index contributed by atoms with van der Waals surface area (Å²) in [4.78, 5) is 14.5. The van der Waals surface area contributed by atoms with E-state index in [1.54, 1.807) is 4.90 Å². The molecule has 1 aliphatic rings. The van der Waals surface area contributed by atoms with Crippen molar-refractivity contribution in [2.45, 2.75) is 32.7 Å². The highest BCUT2D eigenvalue weighted by atomic mass is 16.5. The van der Waals surface area contributed by atoms with Crippen molar-refractivity contribution in [3.8, 4) is 5.75 Å². The van der Waals surface area contributed by atoms with Gasteiger partial charge in [-0.05, 0) is 38.8 Å². The number of nitrogens with one attached hydrogen (secondary N) is 1. The zero-order valence-corrected chi connectivity index (χ0v) is 13.4. The Morgan fingerprint density at radius 1 is 1.48 bits per heavy atom. The zero-order valence-electron chi connectivity index (χ0n) is 13.4. The second kappa shape index (κ2) is 6.73. The maximum absolute atomic E-state index is 12.7. The Kier molecular flexibility index (Phi) is 4.50. The lowest BCUT2D eigenvalue weighted by atomic mass is 10.1. The minimum Gasteiger partial charge on any atom is -0.492 e. The van der Waals surface area contributed by atoms with Gasteiger partial charge in [0.1, 0.15) is 17.2 Å². The van der Waals surface area contributed by atoms with Gasteiger partial charge in [0.05, 0.1) is 18.3 Å². The van der Waals surface area contributed by atoms with Crippen molar-refractivity contribution in [2.24, 2.45) is 0 Å². The number of carbonyl (C=O) groups excluding carboxylic acids is 1. The van der Waals surface area contributed by atoms with E-state index in [0.29, 0.717) is 24.6 Å². The maximum Gasteiger partial charge on any atom is 0.322 e. The summed E-state index contributed by atoms with van der Waals surface area (Å²) in [6, 6.07) is 9.17. The number of rotatable bonds is 4. The summed E-state index contributed by atoms with van der Waals surface area (Å²) >= 11 is 0. The van der Waals surface area contributed by atoms with E-state index in [0.717, 1.165) is 24.3 Å². The predicted octanol–water partition coefficient (Wildman–Crippen LogP) is 3.75. The molecule has 0 unspecified atom stereocenters. The van der Waals surface area contributed by atoms with Crippen LogP contribution in [0, 0.1) is 6.92 Å². The molecular formula is C17H21N3O3. The van der Waals surface area contributed by atoms with E-state index < -0.39 is 0 Å². The molecule has 1 aliphatic heterocycles. The van der Waals surface area contributed by atoms with E-state index in [2.05, 4.69) is 10.5 Å². The molecule has 0 aliphatic carbocycles. The van der Waals surface area contributed by atoms with Gasteiger partial charge in [-0.25, -0.2) is 4.79 Å². The van der Waals surface area contributed by atoms with Crippen molar-refractivity contribution in [3.05, 3.63) is 41.8 Å². The highest BCUT2D eigenvalue weighted by Gasteiger charge is 2.32. The zero-order chi connectivity index (χ0) is 16.2. The maximum atomic E-state index is 12.7. The van der Waals surface area contributed by atoms with E-state index >= 15 is 0 Å². The molecule has 122 valence electrons. The number of urea groups is 1. The lowest BCUT2D eigenvalue weighted by Crippen LogP contribution is -2.34. The molecule has 0 spiro atoms. The van der Waals surface area contributed by atoms with Crippen LogP contribution in [0.5, 0.6) is 5.75 Å². The fourth-order valence-electron chi connectivity index (χ4n) is 2.90. The van der Waals surface area contributed by atoms with Gasteiger partial charge in [-0.2, -0.15) is 0 Å². The summed E-state index contributed by atoms with van der Waals surface area (Å²) in [5.41, 5.74) is 1.49. The van der Waals surface area contributed by atoms with Gasteiger partial charge in [0.2, 0.25) is 0 Å². The van der Waals surface area contributed by atoms with Crippen LogP contribution in [0.3, 0.4) is 0 Å². The Bertz CT molecular complexity index is 683. The number of likely N-dealkylation sites (tertiary alicyclic amines) is 1. The number of amides is 2. The van der Waals surface area contributed by atoms with Crippen molar-refractivity contribution in [2.75, 3.05) is 18.5 Å². The van der Waals surface area contributed by atoms with Gasteiger partial charge in [0, 0.05) is 12.6 Å². The molecule has 0 saturated carbocycles. The van der Waals surface area contributed by atoms with Gasteiger partial charge < -0.3 is 19.5 Å². The van der Waals surface area contributed by atoms with Gasteiger partial charge in [0.25, 0.3) is 0 Å². The average molecular weight is 315 g/mol. The standard InChI is InChI=1S/C17H21N3O3/c1-3-22-16-9-5-4-7-13(16)18-17(21)20-10-6-8-15(20)14-11-12(2)23-19-14/h4-5,7,9,11,15H,3,6,8,10H2,1-2H3,(H,18,21)/t15-/m0/s1. The molecule has 2 aromatic rings. The molecule has 0 bridgehead atoms. The first-order chi connectivity index (χ1) is 11.2. The van der Waals surface area contributed by atoms with Crippen LogP contribution >= 0.6 is 0 Å². The second-order valence-electron chi connectivity index (χ2n) is 5.57. The molecule has 6 nitrogen and oxygen atoms in total. The summed E-state index contributed by atoms with van der Waals surface area (Å²) in [6.45, 7) is 5.03. The monoisotopic (exact) mass is 315 g/mol. The smallest absolute Gasteiger partial charge is 0.322 e. The first-order valence-electron chi connectivity index (χ1n) is 7.91. The molecule has 3 rings (SSSR count). The average Bonchev–Trinajstić information content (AvgIpc) is 3.18. The number of aromatic nitrogens is 1. The fraction of sp³-hybridized carbons (Fsp3) is 0.412. The number of carbonyl (C=O) groups is 1. The lowest BCUT2D eigenvalue weighted by Gasteiger charge is -2.24. The highest BCUT2D eigenvalue weighted by Crippen LogP contribution is 2.33. The van der Waals surface area contributed by atoms with Gasteiger partial charge >= 0.3 is 6.03 Å². The predicted molar refractivity (Wildman–Crippen MR) is 86.6 cm³/mol. The van der Waals surface area contributed by atoms with E-state index in [9.17, 15) is 4.79 Å². The number of nitrogens with zero attached hydrogens (tertiary/aromatic N) is 2. The van der Waals surface area contributed by atoms with Crippen molar-refractivity contribution in [1.82, 2.24) is 10.1 Å². The van der Waals surface area contributed by atoms with Gasteiger partial charge in [-0.15, -0.1) is 0 Å². The van der Waals surface area contributed by atoms with Crippen molar-refractivity contribution in [1.29, 1.82) is 0 Å².